The van der Waals surface area contributed by atoms with Crippen molar-refractivity contribution in [2.75, 3.05) is 43.6 Å². The minimum absolute atomic E-state index is 0.115. The van der Waals surface area contributed by atoms with Crippen LogP contribution >= 0.6 is 24.4 Å². The molecule has 4 N–H and O–H groups in total. The Morgan fingerprint density at radius 2 is 1.32 bits per heavy atom. The van der Waals surface area contributed by atoms with Crippen LogP contribution in [-0.2, 0) is 4.79 Å². The second kappa shape index (κ2) is 26.3. The van der Waals surface area contributed by atoms with Crippen molar-refractivity contribution in [2.45, 2.75) is 64.2 Å². The molecule has 0 aliphatic carbocycles. The average molecular weight is 398 g/mol. The van der Waals surface area contributed by atoms with Crippen LogP contribution in [0.3, 0.4) is 0 Å². The Hall–Kier alpha value is 0.0500. The third-order valence-corrected chi connectivity index (χ3v) is 4.68. The highest BCUT2D eigenvalue weighted by molar-refractivity contribution is 7.99. The van der Waals surface area contributed by atoms with Gasteiger partial charge in [-0.2, -0.15) is 24.4 Å². The number of thiol groups is 1. The van der Waals surface area contributed by atoms with Crippen molar-refractivity contribution < 1.29 is 20.1 Å². The molecule has 5 nitrogen and oxygen atoms in total. The van der Waals surface area contributed by atoms with E-state index in [-0.39, 0.29) is 19.1 Å². The fraction of sp³-hybridized carbons (Fsp3) is 0.944. The zero-order valence-electron chi connectivity index (χ0n) is 15.6. The molecule has 0 saturated carbocycles. The summed E-state index contributed by atoms with van der Waals surface area (Å²) < 4.78 is 0. The Morgan fingerprint density at radius 1 is 0.760 bits per heavy atom. The molecule has 0 unspecified atom stereocenters. The monoisotopic (exact) mass is 397 g/mol. The van der Waals surface area contributed by atoms with E-state index < -0.39 is 0 Å². The van der Waals surface area contributed by atoms with Gasteiger partial charge in [-0.3, -0.25) is 4.79 Å². The Bertz CT molecular complexity index is 257. The quantitative estimate of drug-likeness (QED) is 0.192. The maximum atomic E-state index is 11.4. The van der Waals surface area contributed by atoms with E-state index in [0.717, 1.165) is 18.6 Å². The predicted octanol–water partition coefficient (Wildman–Crippen LogP) is 2.63. The van der Waals surface area contributed by atoms with Gasteiger partial charge in [-0.25, -0.2) is 0 Å². The molecular formula is C18H39NO4S2. The summed E-state index contributed by atoms with van der Waals surface area (Å²) in [6.45, 7) is 1.21. The fourth-order valence-electron chi connectivity index (χ4n) is 2.11. The molecule has 152 valence electrons. The zero-order valence-corrected chi connectivity index (χ0v) is 17.3. The molecule has 0 rings (SSSR count). The number of aliphatic hydroxyl groups excluding tert-OH is 3. The van der Waals surface area contributed by atoms with E-state index in [1.807, 2.05) is 11.8 Å². The van der Waals surface area contributed by atoms with Crippen molar-refractivity contribution in [3.8, 4) is 0 Å². The predicted molar refractivity (Wildman–Crippen MR) is 112 cm³/mol. The number of unbranched alkanes of at least 4 members (excludes halogenated alkanes) is 7. The first-order valence-electron chi connectivity index (χ1n) is 9.50. The van der Waals surface area contributed by atoms with Gasteiger partial charge in [0.05, 0.1) is 13.2 Å². The molecule has 7 heteroatoms. The summed E-state index contributed by atoms with van der Waals surface area (Å²) in [7, 11) is 0. The maximum absolute atomic E-state index is 11.4. The summed E-state index contributed by atoms with van der Waals surface area (Å²) in [5, 5.41) is 27.9. The molecule has 0 aromatic carbocycles. The van der Waals surface area contributed by atoms with Crippen LogP contribution in [0.2, 0.25) is 0 Å². The lowest BCUT2D eigenvalue weighted by Gasteiger charge is -2.04. The molecule has 0 spiro atoms. The molecule has 25 heavy (non-hydrogen) atoms. The summed E-state index contributed by atoms with van der Waals surface area (Å²) >= 11 is 5.51. The van der Waals surface area contributed by atoms with Crippen molar-refractivity contribution in [3.05, 3.63) is 0 Å². The van der Waals surface area contributed by atoms with Gasteiger partial charge in [0.2, 0.25) is 5.91 Å². The summed E-state index contributed by atoms with van der Waals surface area (Å²) in [4.78, 5) is 11.4. The number of aliphatic hydroxyl groups is 3. The fourth-order valence-corrected chi connectivity index (χ4v) is 2.85. The largest absolute Gasteiger partial charge is 0.396 e. The van der Waals surface area contributed by atoms with E-state index in [9.17, 15) is 4.79 Å². The lowest BCUT2D eigenvalue weighted by Crippen LogP contribution is -2.24. The van der Waals surface area contributed by atoms with Crippen molar-refractivity contribution in [1.82, 2.24) is 5.32 Å². The lowest BCUT2D eigenvalue weighted by atomic mass is 10.1. The number of hydrogen-bond donors (Lipinski definition) is 5. The Morgan fingerprint density at radius 3 is 1.84 bits per heavy atom. The highest BCUT2D eigenvalue weighted by Crippen LogP contribution is 2.11. The number of thioether (sulfide) groups is 1. The van der Waals surface area contributed by atoms with Crippen LogP contribution < -0.4 is 5.32 Å². The van der Waals surface area contributed by atoms with Crippen LogP contribution in [-0.4, -0.2) is 64.9 Å². The highest BCUT2D eigenvalue weighted by Gasteiger charge is 2.00. The topological polar surface area (TPSA) is 89.8 Å². The third-order valence-electron chi connectivity index (χ3n) is 3.44. The van der Waals surface area contributed by atoms with Crippen molar-refractivity contribution in [1.29, 1.82) is 0 Å². The zero-order chi connectivity index (χ0) is 19.0. The molecule has 0 bridgehead atoms. The molecule has 0 aromatic rings. The van der Waals surface area contributed by atoms with E-state index in [1.54, 1.807) is 0 Å². The molecule has 0 fully saturated rings. The molecule has 0 aliphatic heterocycles. The summed E-state index contributed by atoms with van der Waals surface area (Å²) in [5.74, 6) is 2.73. The molecule has 0 heterocycles. The van der Waals surface area contributed by atoms with Crippen LogP contribution in [0, 0.1) is 0 Å². The van der Waals surface area contributed by atoms with E-state index >= 15 is 0 Å². The number of amides is 1. The second-order valence-electron chi connectivity index (χ2n) is 5.79. The Kier molecular flexibility index (Phi) is 28.7. The van der Waals surface area contributed by atoms with Crippen LogP contribution in [0.15, 0.2) is 0 Å². The first-order valence-corrected chi connectivity index (χ1v) is 11.3. The standard InChI is InChI=1S/C16H33NO3S.C2H6OS/c18-12-9-11-17-16(20)10-7-5-3-1-2-4-6-8-14-21-15-13-19;3-1-2-4/h18-19H,1-15H2,(H,17,20);3-4H,1-2H2. The minimum Gasteiger partial charge on any atom is -0.396 e. The molecule has 0 aliphatic rings. The highest BCUT2D eigenvalue weighted by atomic mass is 32.2. The van der Waals surface area contributed by atoms with Gasteiger partial charge < -0.3 is 20.6 Å². The van der Waals surface area contributed by atoms with Crippen molar-refractivity contribution in [2.24, 2.45) is 0 Å². The van der Waals surface area contributed by atoms with E-state index in [1.165, 1.54) is 44.3 Å². The van der Waals surface area contributed by atoms with Crippen molar-refractivity contribution in [3.63, 3.8) is 0 Å². The van der Waals surface area contributed by atoms with Crippen LogP contribution in [0.5, 0.6) is 0 Å². The van der Waals surface area contributed by atoms with Gasteiger partial charge in [-0.15, -0.1) is 0 Å². The first kappa shape index (κ1) is 27.3. The van der Waals surface area contributed by atoms with Gasteiger partial charge in [-0.05, 0) is 25.0 Å². The molecule has 0 radical (unpaired) electrons. The van der Waals surface area contributed by atoms with Gasteiger partial charge in [0, 0.05) is 31.1 Å². The van der Waals surface area contributed by atoms with E-state index in [4.69, 9.17) is 15.3 Å². The summed E-state index contributed by atoms with van der Waals surface area (Å²) in [6, 6.07) is 0. The number of carbonyl (C=O) groups is 1. The number of nitrogens with one attached hydrogen (secondary N) is 1. The van der Waals surface area contributed by atoms with Crippen molar-refractivity contribution >= 4 is 30.3 Å². The normalized spacial score (nSPS) is 10.2. The molecule has 0 atom stereocenters. The van der Waals surface area contributed by atoms with E-state index in [0.29, 0.717) is 31.7 Å². The van der Waals surface area contributed by atoms with Gasteiger partial charge in [0.15, 0.2) is 0 Å². The molecule has 1 amide bonds. The SMILES string of the molecule is O=C(CCCCCCCCCCSCCO)NCCCO.OCCS. The van der Waals surface area contributed by atoms with E-state index in [2.05, 4.69) is 17.9 Å². The second-order valence-corrected chi connectivity index (χ2v) is 7.46. The van der Waals surface area contributed by atoms with Gasteiger partial charge in [0.25, 0.3) is 0 Å². The average Bonchev–Trinajstić information content (AvgIpc) is 2.63. The Balaban J connectivity index is 0. The number of rotatable bonds is 17. The lowest BCUT2D eigenvalue weighted by molar-refractivity contribution is -0.121. The first-order chi connectivity index (χ1) is 12.2. The summed E-state index contributed by atoms with van der Waals surface area (Å²) in [5.41, 5.74) is 0. The van der Waals surface area contributed by atoms with Gasteiger partial charge in [0.1, 0.15) is 0 Å². The number of hydrogen-bond acceptors (Lipinski definition) is 6. The molecule has 0 saturated heterocycles. The van der Waals surface area contributed by atoms with Crippen LogP contribution in [0.4, 0.5) is 0 Å². The maximum Gasteiger partial charge on any atom is 0.219 e. The van der Waals surface area contributed by atoms with Gasteiger partial charge in [-0.1, -0.05) is 38.5 Å². The molecular weight excluding hydrogens is 358 g/mol. The number of carbonyl (C=O) groups excluding carboxylic acids is 1. The summed E-state index contributed by atoms with van der Waals surface area (Å²) in [6.07, 6.45) is 11.0. The third kappa shape index (κ3) is 29.1. The molecule has 0 aromatic heterocycles. The Labute approximate surface area is 163 Å². The van der Waals surface area contributed by atoms with Crippen LogP contribution in [0.1, 0.15) is 64.2 Å². The smallest absolute Gasteiger partial charge is 0.219 e. The minimum atomic E-state index is 0.115. The van der Waals surface area contributed by atoms with Gasteiger partial charge >= 0.3 is 0 Å². The van der Waals surface area contributed by atoms with Crippen LogP contribution in [0.25, 0.3) is 0 Å².